The summed E-state index contributed by atoms with van der Waals surface area (Å²) < 4.78 is 0. The normalized spacial score (nSPS) is 16.7. The van der Waals surface area contributed by atoms with Crippen molar-refractivity contribution in [1.29, 1.82) is 0 Å². The molecule has 0 spiro atoms. The van der Waals surface area contributed by atoms with Crippen molar-refractivity contribution in [2.75, 3.05) is 11.5 Å². The summed E-state index contributed by atoms with van der Waals surface area (Å²) in [6, 6.07) is 13.1. The van der Waals surface area contributed by atoms with Gasteiger partial charge in [-0.05, 0) is 48.8 Å². The lowest BCUT2D eigenvalue weighted by atomic mass is 9.85. The van der Waals surface area contributed by atoms with Crippen LogP contribution in [0.15, 0.2) is 41.3 Å². The van der Waals surface area contributed by atoms with Crippen molar-refractivity contribution in [2.45, 2.75) is 50.0 Å². The van der Waals surface area contributed by atoms with E-state index in [1.54, 1.807) is 0 Å². The van der Waals surface area contributed by atoms with Crippen molar-refractivity contribution in [3.8, 4) is 0 Å². The molecule has 0 aromatic heterocycles. The van der Waals surface area contributed by atoms with Gasteiger partial charge >= 0.3 is 0 Å². The second kappa shape index (κ2) is 6.02. The van der Waals surface area contributed by atoms with Crippen molar-refractivity contribution >= 4 is 21.7 Å². The van der Waals surface area contributed by atoms with Crippen molar-refractivity contribution in [2.24, 2.45) is 0 Å². The van der Waals surface area contributed by atoms with Gasteiger partial charge in [-0.25, -0.2) is 0 Å². The van der Waals surface area contributed by atoms with Crippen LogP contribution in [0.5, 0.6) is 0 Å². The second-order valence-electron chi connectivity index (χ2n) is 6.00. The fourth-order valence-corrected chi connectivity index (χ4v) is 5.93. The van der Waals surface area contributed by atoms with Gasteiger partial charge in [0.25, 0.3) is 0 Å². The summed E-state index contributed by atoms with van der Waals surface area (Å²) in [5.74, 6) is 2.68. The maximum atomic E-state index is 11.0. The summed E-state index contributed by atoms with van der Waals surface area (Å²) in [5.41, 5.74) is 0.409. The van der Waals surface area contributed by atoms with Gasteiger partial charge in [-0.1, -0.05) is 38.1 Å². The average Bonchev–Trinajstić information content (AvgIpc) is 3.07. The molecule has 1 nitrogen and oxygen atoms in total. The molecule has 1 N–H and O–H groups in total. The third-order valence-electron chi connectivity index (χ3n) is 4.90. The number of hydrogen-bond acceptors (Lipinski definition) is 1. The van der Waals surface area contributed by atoms with Crippen LogP contribution in [0.25, 0.3) is 10.8 Å². The molecule has 1 heterocycles. The minimum absolute atomic E-state index is 0.414. The van der Waals surface area contributed by atoms with Gasteiger partial charge in [0.2, 0.25) is 0 Å². The molecule has 2 heteroatoms. The van der Waals surface area contributed by atoms with Gasteiger partial charge in [-0.2, -0.15) is 0 Å². The molecule has 1 aliphatic heterocycles. The van der Waals surface area contributed by atoms with Gasteiger partial charge < -0.3 is 5.11 Å². The molecule has 0 bridgehead atoms. The van der Waals surface area contributed by atoms with Crippen LogP contribution in [0.4, 0.5) is 0 Å². The summed E-state index contributed by atoms with van der Waals surface area (Å²) in [6.07, 6.45) is 4.26. The molecule has 2 aromatic carbocycles. The molecule has 3 rings (SSSR count). The summed E-state index contributed by atoms with van der Waals surface area (Å²) >= 11 is 0. The van der Waals surface area contributed by atoms with Crippen molar-refractivity contribution in [3.05, 3.63) is 42.0 Å². The highest BCUT2D eigenvalue weighted by molar-refractivity contribution is 7.97. The van der Waals surface area contributed by atoms with Crippen molar-refractivity contribution < 1.29 is 5.11 Å². The van der Waals surface area contributed by atoms with Gasteiger partial charge in [0, 0.05) is 16.3 Å². The predicted octanol–water partition coefficient (Wildman–Crippen LogP) is 4.62. The maximum Gasteiger partial charge on any atom is 0.162 e. The molecule has 0 unspecified atom stereocenters. The monoisotopic (exact) mass is 301 g/mol. The first-order valence-corrected chi connectivity index (χ1v) is 9.68. The Morgan fingerprint density at radius 1 is 0.952 bits per heavy atom. The highest BCUT2D eigenvalue weighted by atomic mass is 32.2. The summed E-state index contributed by atoms with van der Waals surface area (Å²) in [7, 11) is 0.414. The van der Waals surface area contributed by atoms with Crippen LogP contribution in [0.1, 0.15) is 45.1 Å². The number of rotatable bonds is 4. The van der Waals surface area contributed by atoms with Crippen LogP contribution < -0.4 is 0 Å². The number of fused-ring (bicyclic) bond motifs is 1. The van der Waals surface area contributed by atoms with Crippen LogP contribution in [-0.2, 0) is 16.5 Å². The van der Waals surface area contributed by atoms with E-state index < -0.39 is 5.60 Å². The molecule has 2 aromatic rings. The predicted molar refractivity (Wildman–Crippen MR) is 93.0 cm³/mol. The fraction of sp³-hybridized carbons (Fsp3) is 0.474. The van der Waals surface area contributed by atoms with E-state index in [0.29, 0.717) is 10.9 Å². The zero-order valence-corrected chi connectivity index (χ0v) is 13.9. The Hall–Kier alpha value is -0.990. The van der Waals surface area contributed by atoms with Crippen molar-refractivity contribution in [3.63, 3.8) is 0 Å². The van der Waals surface area contributed by atoms with Crippen molar-refractivity contribution in [1.82, 2.24) is 0 Å². The van der Waals surface area contributed by atoms with Crippen LogP contribution in [0.3, 0.4) is 0 Å². The minimum atomic E-state index is -0.697. The van der Waals surface area contributed by atoms with Crippen LogP contribution in [0, 0.1) is 0 Å². The molecular formula is C19H25OS+. The lowest BCUT2D eigenvalue weighted by Gasteiger charge is -2.27. The third kappa shape index (κ3) is 2.60. The van der Waals surface area contributed by atoms with Gasteiger partial charge in [0.05, 0.1) is 5.60 Å². The Kier molecular flexibility index (Phi) is 4.28. The molecule has 1 fully saturated rings. The Bertz CT molecular complexity index is 624. The number of benzene rings is 2. The highest BCUT2D eigenvalue weighted by Crippen LogP contribution is 2.38. The van der Waals surface area contributed by atoms with Gasteiger partial charge in [0.1, 0.15) is 11.5 Å². The number of hydrogen-bond donors (Lipinski definition) is 1. The Morgan fingerprint density at radius 3 is 2.19 bits per heavy atom. The summed E-state index contributed by atoms with van der Waals surface area (Å²) in [5, 5.41) is 13.6. The zero-order valence-electron chi connectivity index (χ0n) is 13.1. The summed E-state index contributed by atoms with van der Waals surface area (Å²) in [6.45, 7) is 4.15. The van der Waals surface area contributed by atoms with E-state index >= 15 is 0 Å². The Morgan fingerprint density at radius 2 is 1.57 bits per heavy atom. The molecule has 1 aliphatic rings. The van der Waals surface area contributed by atoms with Crippen LogP contribution in [0.2, 0.25) is 0 Å². The Labute approximate surface area is 130 Å². The quantitative estimate of drug-likeness (QED) is 0.817. The first kappa shape index (κ1) is 14.9. The maximum absolute atomic E-state index is 11.0. The highest BCUT2D eigenvalue weighted by Gasteiger charge is 2.32. The molecule has 0 amide bonds. The first-order valence-electron chi connectivity index (χ1n) is 8.11. The average molecular weight is 301 g/mol. The third-order valence-corrected chi connectivity index (χ3v) is 7.44. The van der Waals surface area contributed by atoms with E-state index in [2.05, 4.69) is 50.2 Å². The molecule has 0 saturated carbocycles. The molecule has 0 atom stereocenters. The Balaban J connectivity index is 2.19. The summed E-state index contributed by atoms with van der Waals surface area (Å²) in [4.78, 5) is 1.52. The molecular weight excluding hydrogens is 276 g/mol. The van der Waals surface area contributed by atoms with Gasteiger partial charge in [0.15, 0.2) is 4.90 Å². The van der Waals surface area contributed by atoms with E-state index in [-0.39, 0.29) is 0 Å². The van der Waals surface area contributed by atoms with E-state index in [4.69, 9.17) is 0 Å². The fourth-order valence-electron chi connectivity index (χ4n) is 3.43. The number of aliphatic hydroxyl groups is 1. The van der Waals surface area contributed by atoms with E-state index in [9.17, 15) is 5.11 Å². The molecule has 21 heavy (non-hydrogen) atoms. The topological polar surface area (TPSA) is 20.2 Å². The second-order valence-corrected chi connectivity index (χ2v) is 8.25. The SMILES string of the molecule is CCC(O)(CC)c1ccc([S+]2CCCC2)c2ccccc12. The molecule has 0 aliphatic carbocycles. The molecule has 1 saturated heterocycles. The smallest absolute Gasteiger partial charge is 0.162 e. The molecule has 112 valence electrons. The van der Waals surface area contributed by atoms with E-state index in [0.717, 1.165) is 18.4 Å². The van der Waals surface area contributed by atoms with Crippen LogP contribution >= 0.6 is 0 Å². The van der Waals surface area contributed by atoms with Crippen LogP contribution in [-0.4, -0.2) is 16.6 Å². The standard InChI is InChI=1S/C19H25OS/c1-3-19(20,4-2)17-11-12-18(21-13-7-8-14-21)16-10-6-5-9-15(16)17/h5-6,9-12,20H,3-4,7-8,13-14H2,1-2H3/q+1. The minimum Gasteiger partial charge on any atom is -0.385 e. The largest absolute Gasteiger partial charge is 0.385 e. The first-order chi connectivity index (χ1) is 10.2. The van der Waals surface area contributed by atoms with E-state index in [1.807, 2.05) is 0 Å². The lowest BCUT2D eigenvalue weighted by Crippen LogP contribution is -2.24. The van der Waals surface area contributed by atoms with Gasteiger partial charge in [-0.15, -0.1) is 0 Å². The van der Waals surface area contributed by atoms with Gasteiger partial charge in [-0.3, -0.25) is 0 Å². The zero-order chi connectivity index (χ0) is 14.9. The van der Waals surface area contributed by atoms with E-state index in [1.165, 1.54) is 40.0 Å². The lowest BCUT2D eigenvalue weighted by molar-refractivity contribution is 0.0298. The molecule has 0 radical (unpaired) electrons.